The largest absolute Gasteiger partial charge is 0.314 e. The van der Waals surface area contributed by atoms with Gasteiger partial charge in [0, 0.05) is 39.1 Å². The van der Waals surface area contributed by atoms with Crippen molar-refractivity contribution < 1.29 is 0 Å². The molecule has 6 heteroatoms. The van der Waals surface area contributed by atoms with Gasteiger partial charge in [-0.25, -0.2) is 0 Å². The lowest BCUT2D eigenvalue weighted by molar-refractivity contribution is 0.242. The summed E-state index contributed by atoms with van der Waals surface area (Å²) < 4.78 is 0. The zero-order chi connectivity index (χ0) is 10.5. The van der Waals surface area contributed by atoms with Crippen molar-refractivity contribution in [1.82, 2.24) is 30.4 Å². The highest BCUT2D eigenvalue weighted by Crippen LogP contribution is 1.96. The molecule has 0 unspecified atom stereocenters. The van der Waals surface area contributed by atoms with Gasteiger partial charge in [0.1, 0.15) is 0 Å². The van der Waals surface area contributed by atoms with Crippen LogP contribution in [-0.2, 0) is 13.0 Å². The van der Waals surface area contributed by atoms with Gasteiger partial charge in [0.15, 0.2) is 5.82 Å². The van der Waals surface area contributed by atoms with Crippen molar-refractivity contribution in [1.29, 1.82) is 0 Å². The van der Waals surface area contributed by atoms with E-state index >= 15 is 0 Å². The second kappa shape index (κ2) is 5.18. The number of hydrogen-bond donors (Lipinski definition) is 1. The molecule has 2 heterocycles. The summed E-state index contributed by atoms with van der Waals surface area (Å²) in [4.78, 5) is 4.07. The average Bonchev–Trinajstić information content (AvgIpc) is 2.76. The number of piperazine rings is 1. The number of nitrogens with one attached hydrogen (secondary N) is 1. The molecular formula is C9H18N6. The van der Waals surface area contributed by atoms with E-state index in [0.29, 0.717) is 0 Å². The molecular weight excluding hydrogens is 192 g/mol. The summed E-state index contributed by atoms with van der Waals surface area (Å²) in [6, 6.07) is 0. The first-order chi connectivity index (χ1) is 7.38. The van der Waals surface area contributed by atoms with E-state index < -0.39 is 0 Å². The molecule has 1 aliphatic rings. The van der Waals surface area contributed by atoms with Gasteiger partial charge in [-0.2, -0.15) is 4.80 Å². The molecule has 84 valence electrons. The van der Waals surface area contributed by atoms with Crippen LogP contribution in [0.3, 0.4) is 0 Å². The van der Waals surface area contributed by atoms with Crippen molar-refractivity contribution in [2.24, 2.45) is 0 Å². The smallest absolute Gasteiger partial charge is 0.176 e. The fourth-order valence-electron chi connectivity index (χ4n) is 1.70. The Morgan fingerprint density at radius 1 is 1.33 bits per heavy atom. The van der Waals surface area contributed by atoms with Crippen LogP contribution in [-0.4, -0.2) is 57.8 Å². The molecule has 6 nitrogen and oxygen atoms in total. The van der Waals surface area contributed by atoms with Gasteiger partial charge in [0.05, 0.1) is 6.54 Å². The van der Waals surface area contributed by atoms with Crippen LogP contribution in [0.5, 0.6) is 0 Å². The first-order valence-electron chi connectivity index (χ1n) is 5.58. The quantitative estimate of drug-likeness (QED) is 0.701. The zero-order valence-corrected chi connectivity index (χ0v) is 9.19. The number of rotatable bonds is 4. The van der Waals surface area contributed by atoms with Crippen LogP contribution in [0.4, 0.5) is 0 Å². The third-order valence-corrected chi connectivity index (χ3v) is 2.64. The van der Waals surface area contributed by atoms with E-state index in [1.54, 1.807) is 4.80 Å². The van der Waals surface area contributed by atoms with Crippen LogP contribution in [0, 0.1) is 0 Å². The summed E-state index contributed by atoms with van der Waals surface area (Å²) in [5, 5.41) is 15.6. The topological polar surface area (TPSA) is 58.9 Å². The van der Waals surface area contributed by atoms with Gasteiger partial charge in [0.2, 0.25) is 0 Å². The van der Waals surface area contributed by atoms with Crippen molar-refractivity contribution in [2.45, 2.75) is 19.9 Å². The van der Waals surface area contributed by atoms with Crippen LogP contribution < -0.4 is 5.32 Å². The number of tetrazole rings is 1. The summed E-state index contributed by atoms with van der Waals surface area (Å²) >= 11 is 0. The zero-order valence-electron chi connectivity index (χ0n) is 9.19. The van der Waals surface area contributed by atoms with E-state index in [9.17, 15) is 0 Å². The second-order valence-corrected chi connectivity index (χ2v) is 3.74. The van der Waals surface area contributed by atoms with Gasteiger partial charge in [-0.15, -0.1) is 10.2 Å². The van der Waals surface area contributed by atoms with Crippen molar-refractivity contribution >= 4 is 0 Å². The van der Waals surface area contributed by atoms with E-state index in [1.807, 2.05) is 6.92 Å². The summed E-state index contributed by atoms with van der Waals surface area (Å²) in [5.74, 6) is 0.857. The van der Waals surface area contributed by atoms with E-state index in [0.717, 1.165) is 51.5 Å². The monoisotopic (exact) mass is 210 g/mol. The van der Waals surface area contributed by atoms with Crippen LogP contribution in [0.2, 0.25) is 0 Å². The maximum Gasteiger partial charge on any atom is 0.176 e. The van der Waals surface area contributed by atoms with E-state index in [1.165, 1.54) is 0 Å². The van der Waals surface area contributed by atoms with Crippen molar-refractivity contribution in [2.75, 3.05) is 32.7 Å². The molecule has 0 aliphatic carbocycles. The minimum absolute atomic E-state index is 0.792. The Kier molecular flexibility index (Phi) is 3.63. The number of nitrogens with zero attached hydrogens (tertiary/aromatic N) is 5. The molecule has 0 bridgehead atoms. The molecule has 1 aliphatic heterocycles. The Morgan fingerprint density at radius 2 is 2.13 bits per heavy atom. The van der Waals surface area contributed by atoms with Crippen LogP contribution >= 0.6 is 0 Å². The molecule has 1 fully saturated rings. The minimum Gasteiger partial charge on any atom is -0.314 e. The second-order valence-electron chi connectivity index (χ2n) is 3.74. The van der Waals surface area contributed by atoms with Crippen LogP contribution in [0.1, 0.15) is 12.7 Å². The molecule has 0 saturated carbocycles. The Balaban J connectivity index is 1.76. The lowest BCUT2D eigenvalue weighted by atomic mass is 10.3. The number of aromatic nitrogens is 4. The predicted octanol–water partition coefficient (Wildman–Crippen LogP) is -0.859. The van der Waals surface area contributed by atoms with Gasteiger partial charge in [0.25, 0.3) is 0 Å². The van der Waals surface area contributed by atoms with Gasteiger partial charge < -0.3 is 10.2 Å². The first kappa shape index (κ1) is 10.5. The average molecular weight is 210 g/mol. The SMILES string of the molecule is CCn1nnc(CCN2CCNCC2)n1. The number of aryl methyl sites for hydroxylation is 1. The fraction of sp³-hybridized carbons (Fsp3) is 0.889. The third kappa shape index (κ3) is 2.97. The van der Waals surface area contributed by atoms with Crippen molar-refractivity contribution in [3.8, 4) is 0 Å². The lowest BCUT2D eigenvalue weighted by Crippen LogP contribution is -2.44. The van der Waals surface area contributed by atoms with Crippen LogP contribution in [0.15, 0.2) is 0 Å². The van der Waals surface area contributed by atoms with E-state index in [4.69, 9.17) is 0 Å². The molecule has 0 spiro atoms. The lowest BCUT2D eigenvalue weighted by Gasteiger charge is -2.26. The third-order valence-electron chi connectivity index (χ3n) is 2.64. The standard InChI is InChI=1S/C9H18N6/c1-2-15-12-9(11-13-15)3-6-14-7-4-10-5-8-14/h10H,2-8H2,1H3. The Labute approximate surface area is 89.6 Å². The van der Waals surface area contributed by atoms with Crippen LogP contribution in [0.25, 0.3) is 0 Å². The summed E-state index contributed by atoms with van der Waals surface area (Å²) in [7, 11) is 0. The van der Waals surface area contributed by atoms with Gasteiger partial charge in [-0.1, -0.05) is 0 Å². The molecule has 1 N–H and O–H groups in total. The summed E-state index contributed by atoms with van der Waals surface area (Å²) in [6.07, 6.45) is 0.903. The highest BCUT2D eigenvalue weighted by Gasteiger charge is 2.10. The van der Waals surface area contributed by atoms with E-state index in [-0.39, 0.29) is 0 Å². The molecule has 0 radical (unpaired) electrons. The molecule has 0 atom stereocenters. The molecule has 2 rings (SSSR count). The molecule has 0 aromatic carbocycles. The molecule has 0 amide bonds. The molecule has 1 aromatic heterocycles. The first-order valence-corrected chi connectivity index (χ1v) is 5.58. The summed E-state index contributed by atoms with van der Waals surface area (Å²) in [5.41, 5.74) is 0. The maximum absolute atomic E-state index is 4.27. The van der Waals surface area contributed by atoms with Crippen molar-refractivity contribution in [3.63, 3.8) is 0 Å². The minimum atomic E-state index is 0.792. The van der Waals surface area contributed by atoms with Crippen molar-refractivity contribution in [3.05, 3.63) is 5.82 Å². The summed E-state index contributed by atoms with van der Waals surface area (Å²) in [6.45, 7) is 8.29. The Bertz CT molecular complexity index is 291. The predicted molar refractivity (Wildman–Crippen MR) is 56.5 cm³/mol. The fourth-order valence-corrected chi connectivity index (χ4v) is 1.70. The number of hydrogen-bond acceptors (Lipinski definition) is 5. The Hall–Kier alpha value is -1.01. The Morgan fingerprint density at radius 3 is 2.80 bits per heavy atom. The maximum atomic E-state index is 4.27. The molecule has 1 saturated heterocycles. The molecule has 15 heavy (non-hydrogen) atoms. The van der Waals surface area contributed by atoms with Gasteiger partial charge in [-0.05, 0) is 12.1 Å². The highest BCUT2D eigenvalue weighted by atomic mass is 15.6. The highest BCUT2D eigenvalue weighted by molar-refractivity contribution is 4.80. The van der Waals surface area contributed by atoms with Gasteiger partial charge >= 0.3 is 0 Å². The molecule has 1 aromatic rings. The van der Waals surface area contributed by atoms with Gasteiger partial charge in [-0.3, -0.25) is 0 Å². The normalized spacial score (nSPS) is 18.2. The van der Waals surface area contributed by atoms with E-state index in [2.05, 4.69) is 25.6 Å².